The number of esters is 1. The minimum atomic E-state index is -0.497. The van der Waals surface area contributed by atoms with Crippen LogP contribution in [-0.4, -0.2) is 30.9 Å². The van der Waals surface area contributed by atoms with Gasteiger partial charge >= 0.3 is 5.97 Å². The lowest BCUT2D eigenvalue weighted by atomic mass is 9.97. The van der Waals surface area contributed by atoms with E-state index in [1.165, 1.54) is 6.92 Å². The van der Waals surface area contributed by atoms with Crippen LogP contribution >= 0.6 is 11.6 Å². The molecule has 0 spiro atoms. The zero-order chi connectivity index (χ0) is 19.4. The molecule has 1 heterocycles. The first-order valence-electron chi connectivity index (χ1n) is 8.41. The Morgan fingerprint density at radius 3 is 2.63 bits per heavy atom. The Balaban J connectivity index is 1.50. The highest BCUT2D eigenvalue weighted by molar-refractivity contribution is 6.30. The summed E-state index contributed by atoms with van der Waals surface area (Å²) in [5, 5.41) is 3.18. The van der Waals surface area contributed by atoms with Gasteiger partial charge in [0.1, 0.15) is 12.4 Å². The lowest BCUT2D eigenvalue weighted by Gasteiger charge is -2.24. The van der Waals surface area contributed by atoms with Gasteiger partial charge in [0, 0.05) is 16.3 Å². The largest absolute Gasteiger partial charge is 0.492 e. The first-order valence-corrected chi connectivity index (χ1v) is 8.79. The number of benzene rings is 2. The van der Waals surface area contributed by atoms with Gasteiger partial charge in [0.2, 0.25) is 0 Å². The van der Waals surface area contributed by atoms with Crippen molar-refractivity contribution in [2.45, 2.75) is 13.3 Å². The number of hydrogen-bond acceptors (Lipinski definition) is 5. The van der Waals surface area contributed by atoms with Crippen LogP contribution < -0.4 is 10.1 Å². The number of anilines is 1. The summed E-state index contributed by atoms with van der Waals surface area (Å²) in [6.45, 7) is 1.27. The van der Waals surface area contributed by atoms with Gasteiger partial charge < -0.3 is 14.8 Å². The predicted octanol–water partition coefficient (Wildman–Crippen LogP) is 3.28. The van der Waals surface area contributed by atoms with E-state index in [9.17, 15) is 14.4 Å². The number of nitrogens with one attached hydrogen (secondary N) is 1. The molecule has 1 aliphatic heterocycles. The number of carbonyl (C=O) groups is 3. The highest BCUT2D eigenvalue weighted by Gasteiger charge is 2.28. The normalized spacial score (nSPS) is 15.3. The molecule has 1 aliphatic rings. The lowest BCUT2D eigenvalue weighted by molar-refractivity contribution is -0.152. The van der Waals surface area contributed by atoms with Gasteiger partial charge in [0.15, 0.2) is 12.4 Å². The molecule has 1 amide bonds. The Hall–Kier alpha value is -2.86. The van der Waals surface area contributed by atoms with E-state index in [1.54, 1.807) is 42.5 Å². The molecule has 3 rings (SSSR count). The molecule has 1 atom stereocenters. The topological polar surface area (TPSA) is 81.7 Å². The van der Waals surface area contributed by atoms with Gasteiger partial charge in [-0.1, -0.05) is 11.6 Å². The van der Waals surface area contributed by atoms with Crippen molar-refractivity contribution in [2.75, 3.05) is 18.5 Å². The first-order chi connectivity index (χ1) is 12.9. The third-order valence-corrected chi connectivity index (χ3v) is 4.42. The van der Waals surface area contributed by atoms with Gasteiger partial charge in [0.25, 0.3) is 5.91 Å². The highest BCUT2D eigenvalue weighted by Crippen LogP contribution is 2.30. The maximum atomic E-state index is 12.2. The summed E-state index contributed by atoms with van der Waals surface area (Å²) >= 11 is 5.97. The average molecular weight is 388 g/mol. The van der Waals surface area contributed by atoms with E-state index in [0.29, 0.717) is 28.4 Å². The summed E-state index contributed by atoms with van der Waals surface area (Å²) in [5.74, 6) is -0.796. The minimum Gasteiger partial charge on any atom is -0.492 e. The average Bonchev–Trinajstić information content (AvgIpc) is 2.66. The molecule has 0 saturated heterocycles. The molecule has 140 valence electrons. The first kappa shape index (κ1) is 18.9. The molecule has 0 fully saturated rings. The second-order valence-electron chi connectivity index (χ2n) is 6.25. The predicted molar refractivity (Wildman–Crippen MR) is 100 cm³/mol. The SMILES string of the molecule is CC(=O)c1ccc(NC(=O)COC(=O)[C@H]2COc3ccc(Cl)cc3C2)cc1. The summed E-state index contributed by atoms with van der Waals surface area (Å²) in [4.78, 5) is 35.4. The van der Waals surface area contributed by atoms with Crippen LogP contribution in [0.25, 0.3) is 0 Å². The van der Waals surface area contributed by atoms with Crippen molar-refractivity contribution in [1.82, 2.24) is 0 Å². The zero-order valence-electron chi connectivity index (χ0n) is 14.7. The number of rotatable bonds is 5. The molecule has 27 heavy (non-hydrogen) atoms. The Kier molecular flexibility index (Phi) is 5.76. The van der Waals surface area contributed by atoms with Crippen LogP contribution in [0, 0.1) is 5.92 Å². The molecule has 0 aromatic heterocycles. The van der Waals surface area contributed by atoms with Crippen LogP contribution in [-0.2, 0) is 20.7 Å². The summed E-state index contributed by atoms with van der Waals surface area (Å²) in [7, 11) is 0. The molecular weight excluding hydrogens is 370 g/mol. The van der Waals surface area contributed by atoms with E-state index in [4.69, 9.17) is 21.1 Å². The van der Waals surface area contributed by atoms with Crippen LogP contribution in [0.4, 0.5) is 5.69 Å². The number of fused-ring (bicyclic) bond motifs is 1. The van der Waals surface area contributed by atoms with E-state index >= 15 is 0 Å². The Morgan fingerprint density at radius 1 is 1.19 bits per heavy atom. The molecule has 6 nitrogen and oxygen atoms in total. The molecule has 0 bridgehead atoms. The summed E-state index contributed by atoms with van der Waals surface area (Å²) in [6, 6.07) is 11.7. The molecule has 2 aromatic rings. The number of hydrogen-bond donors (Lipinski definition) is 1. The summed E-state index contributed by atoms with van der Waals surface area (Å²) in [6.07, 6.45) is 0.447. The van der Waals surface area contributed by atoms with Crippen LogP contribution in [0.3, 0.4) is 0 Å². The van der Waals surface area contributed by atoms with Gasteiger partial charge in [0.05, 0.1) is 5.92 Å². The van der Waals surface area contributed by atoms with Gasteiger partial charge in [-0.2, -0.15) is 0 Å². The third kappa shape index (κ3) is 4.86. The molecule has 0 radical (unpaired) electrons. The number of amides is 1. The van der Waals surface area contributed by atoms with Crippen molar-refractivity contribution in [1.29, 1.82) is 0 Å². The molecule has 0 saturated carbocycles. The van der Waals surface area contributed by atoms with Crippen LogP contribution in [0.2, 0.25) is 5.02 Å². The fourth-order valence-corrected chi connectivity index (χ4v) is 2.95. The van der Waals surface area contributed by atoms with Crippen molar-refractivity contribution < 1.29 is 23.9 Å². The van der Waals surface area contributed by atoms with E-state index in [1.807, 2.05) is 0 Å². The summed E-state index contributed by atoms with van der Waals surface area (Å²) < 4.78 is 10.7. The smallest absolute Gasteiger partial charge is 0.313 e. The molecular formula is C20H18ClNO5. The van der Waals surface area contributed by atoms with Crippen LogP contribution in [0.5, 0.6) is 5.75 Å². The lowest BCUT2D eigenvalue weighted by Crippen LogP contribution is -2.32. The van der Waals surface area contributed by atoms with Gasteiger partial charge in [-0.05, 0) is 61.4 Å². The van der Waals surface area contributed by atoms with E-state index in [2.05, 4.69) is 5.32 Å². The number of ketones is 1. The standard InChI is InChI=1S/C20H18ClNO5/c1-12(23)13-2-5-17(6-3-13)22-19(24)11-27-20(25)15-8-14-9-16(21)4-7-18(14)26-10-15/h2-7,9,15H,8,10-11H2,1H3,(H,22,24)/t15-/m1/s1. The van der Waals surface area contributed by atoms with Crippen molar-refractivity contribution >= 4 is 34.9 Å². The van der Waals surface area contributed by atoms with Gasteiger partial charge in [-0.15, -0.1) is 0 Å². The molecule has 0 aliphatic carbocycles. The Morgan fingerprint density at radius 2 is 1.93 bits per heavy atom. The maximum absolute atomic E-state index is 12.2. The quantitative estimate of drug-likeness (QED) is 0.629. The van der Waals surface area contributed by atoms with Gasteiger partial charge in [-0.3, -0.25) is 14.4 Å². The molecule has 7 heteroatoms. The fraction of sp³-hybridized carbons (Fsp3) is 0.250. The number of carbonyl (C=O) groups excluding carboxylic acids is 3. The van der Waals surface area contributed by atoms with E-state index < -0.39 is 24.4 Å². The zero-order valence-corrected chi connectivity index (χ0v) is 15.4. The minimum absolute atomic E-state index is 0.0561. The van der Waals surface area contributed by atoms with Crippen LogP contribution in [0.1, 0.15) is 22.8 Å². The molecule has 0 unspecified atom stereocenters. The van der Waals surface area contributed by atoms with Crippen molar-refractivity contribution in [2.24, 2.45) is 5.92 Å². The van der Waals surface area contributed by atoms with Crippen LogP contribution in [0.15, 0.2) is 42.5 Å². The maximum Gasteiger partial charge on any atom is 0.313 e. The number of ether oxygens (including phenoxy) is 2. The van der Waals surface area contributed by atoms with Crippen molar-refractivity contribution in [3.8, 4) is 5.75 Å². The molecule has 2 aromatic carbocycles. The van der Waals surface area contributed by atoms with E-state index in [0.717, 1.165) is 5.56 Å². The van der Waals surface area contributed by atoms with E-state index in [-0.39, 0.29) is 12.4 Å². The Bertz CT molecular complexity index is 878. The highest BCUT2D eigenvalue weighted by atomic mass is 35.5. The number of halogens is 1. The number of Topliss-reactive ketones (excluding diaryl/α,β-unsaturated/α-hetero) is 1. The second-order valence-corrected chi connectivity index (χ2v) is 6.69. The third-order valence-electron chi connectivity index (χ3n) is 4.18. The monoisotopic (exact) mass is 387 g/mol. The van der Waals surface area contributed by atoms with Crippen molar-refractivity contribution in [3.05, 3.63) is 58.6 Å². The summed E-state index contributed by atoms with van der Waals surface area (Å²) in [5.41, 5.74) is 1.91. The fourth-order valence-electron chi connectivity index (χ4n) is 2.75. The second kappa shape index (κ2) is 8.22. The van der Waals surface area contributed by atoms with Gasteiger partial charge in [-0.25, -0.2) is 0 Å². The Labute approximate surface area is 161 Å². The van der Waals surface area contributed by atoms with Crippen molar-refractivity contribution in [3.63, 3.8) is 0 Å². The molecule has 1 N–H and O–H groups in total.